The number of hydrogen-bond acceptors (Lipinski definition) is 4. The van der Waals surface area contributed by atoms with Crippen molar-refractivity contribution >= 4 is 22.6 Å². The van der Waals surface area contributed by atoms with Crippen molar-refractivity contribution in [3.8, 4) is 5.75 Å². The second-order valence-electron chi connectivity index (χ2n) is 7.91. The second-order valence-corrected chi connectivity index (χ2v) is 7.91. The van der Waals surface area contributed by atoms with Gasteiger partial charge in [0, 0.05) is 25.3 Å². The van der Waals surface area contributed by atoms with E-state index in [1.807, 2.05) is 67.3 Å². The summed E-state index contributed by atoms with van der Waals surface area (Å²) >= 11 is 0. The van der Waals surface area contributed by atoms with Gasteiger partial charge in [0.2, 0.25) is 0 Å². The van der Waals surface area contributed by atoms with Crippen LogP contribution in [0.5, 0.6) is 5.75 Å². The Kier molecular flexibility index (Phi) is 6.21. The lowest BCUT2D eigenvalue weighted by atomic mass is 9.96. The van der Waals surface area contributed by atoms with Crippen molar-refractivity contribution in [1.82, 2.24) is 14.5 Å². The number of para-hydroxylation sites is 1. The van der Waals surface area contributed by atoms with Crippen LogP contribution in [0, 0.1) is 12.8 Å². The largest absolute Gasteiger partial charge is 0.494 e. The summed E-state index contributed by atoms with van der Waals surface area (Å²) in [4.78, 5) is 31.9. The first-order valence-electron chi connectivity index (χ1n) is 10.8. The van der Waals surface area contributed by atoms with Crippen molar-refractivity contribution < 1.29 is 9.53 Å². The van der Waals surface area contributed by atoms with Crippen molar-refractivity contribution in [1.29, 1.82) is 0 Å². The molecule has 1 fully saturated rings. The zero-order chi connectivity index (χ0) is 21.8. The molecule has 1 aromatic heterocycles. The molecular formula is C24H28N4O3. The molecule has 2 heterocycles. The summed E-state index contributed by atoms with van der Waals surface area (Å²) in [5, 5.41) is 3.60. The van der Waals surface area contributed by atoms with E-state index in [4.69, 9.17) is 4.74 Å². The molecule has 2 aromatic carbocycles. The Balaban J connectivity index is 1.35. The van der Waals surface area contributed by atoms with Gasteiger partial charge >= 0.3 is 6.03 Å². The number of benzene rings is 2. The molecule has 0 aliphatic carbocycles. The number of hydrogen-bond donors (Lipinski definition) is 1. The van der Waals surface area contributed by atoms with Gasteiger partial charge in [-0.3, -0.25) is 9.36 Å². The Bertz CT molecular complexity index is 1120. The number of ether oxygens (including phenoxy) is 1. The Hall–Kier alpha value is -3.35. The summed E-state index contributed by atoms with van der Waals surface area (Å²) in [6.07, 6.45) is 1.71. The van der Waals surface area contributed by atoms with Crippen molar-refractivity contribution in [3.63, 3.8) is 0 Å². The number of carbonyl (C=O) groups is 1. The summed E-state index contributed by atoms with van der Waals surface area (Å²) in [5.41, 5.74) is 1.50. The molecule has 0 unspecified atom stereocenters. The first-order chi connectivity index (χ1) is 15.0. The van der Waals surface area contributed by atoms with Crippen LogP contribution < -0.4 is 15.6 Å². The van der Waals surface area contributed by atoms with Crippen molar-refractivity contribution in [2.75, 3.05) is 25.0 Å². The zero-order valence-corrected chi connectivity index (χ0v) is 18.0. The molecule has 162 valence electrons. The molecule has 0 bridgehead atoms. The summed E-state index contributed by atoms with van der Waals surface area (Å²) in [7, 11) is 0. The lowest BCUT2D eigenvalue weighted by Crippen LogP contribution is -2.42. The monoisotopic (exact) mass is 420 g/mol. The molecule has 0 saturated carbocycles. The van der Waals surface area contributed by atoms with Gasteiger partial charge in [-0.05, 0) is 69.0 Å². The number of carbonyl (C=O) groups excluding carboxylic acids is 1. The van der Waals surface area contributed by atoms with Gasteiger partial charge in [-0.2, -0.15) is 0 Å². The van der Waals surface area contributed by atoms with E-state index in [0.717, 1.165) is 35.6 Å². The average Bonchev–Trinajstić information content (AvgIpc) is 2.78. The van der Waals surface area contributed by atoms with Gasteiger partial charge < -0.3 is 15.0 Å². The van der Waals surface area contributed by atoms with Gasteiger partial charge in [-0.1, -0.05) is 12.1 Å². The topological polar surface area (TPSA) is 76.5 Å². The molecule has 0 radical (unpaired) electrons. The van der Waals surface area contributed by atoms with E-state index in [1.165, 1.54) is 0 Å². The van der Waals surface area contributed by atoms with Crippen molar-refractivity contribution in [2.24, 2.45) is 5.92 Å². The fourth-order valence-electron chi connectivity index (χ4n) is 4.07. The predicted molar refractivity (Wildman–Crippen MR) is 122 cm³/mol. The normalized spacial score (nSPS) is 14.6. The number of nitrogens with one attached hydrogen (secondary N) is 1. The fraction of sp³-hybridized carbons (Fsp3) is 0.375. The quantitative estimate of drug-likeness (QED) is 0.676. The van der Waals surface area contributed by atoms with Crippen LogP contribution in [0.2, 0.25) is 0 Å². The maximum absolute atomic E-state index is 12.9. The number of fused-ring (bicyclic) bond motifs is 1. The minimum Gasteiger partial charge on any atom is -0.494 e. The van der Waals surface area contributed by atoms with Crippen molar-refractivity contribution in [3.05, 3.63) is 64.7 Å². The van der Waals surface area contributed by atoms with E-state index >= 15 is 0 Å². The number of anilines is 1. The van der Waals surface area contributed by atoms with Gasteiger partial charge in [0.1, 0.15) is 11.6 Å². The van der Waals surface area contributed by atoms with E-state index < -0.39 is 0 Å². The van der Waals surface area contributed by atoms with E-state index in [9.17, 15) is 9.59 Å². The van der Waals surface area contributed by atoms with Crippen LogP contribution >= 0.6 is 0 Å². The van der Waals surface area contributed by atoms with Crippen molar-refractivity contribution in [2.45, 2.75) is 33.2 Å². The Labute approximate surface area is 181 Å². The number of urea groups is 1. The number of rotatable bonds is 5. The minimum absolute atomic E-state index is 0.0128. The SMILES string of the molecule is CCOc1ccc(NC(=O)N2CCC(Cn3c(C)nc4ccccc4c3=O)CC2)cc1. The molecule has 1 aliphatic rings. The van der Waals surface area contributed by atoms with E-state index in [1.54, 1.807) is 4.57 Å². The first-order valence-corrected chi connectivity index (χ1v) is 10.8. The highest BCUT2D eigenvalue weighted by Crippen LogP contribution is 2.21. The van der Waals surface area contributed by atoms with Crippen LogP contribution in [0.3, 0.4) is 0 Å². The number of likely N-dealkylation sites (tertiary alicyclic amines) is 1. The lowest BCUT2D eigenvalue weighted by Gasteiger charge is -2.32. The third-order valence-corrected chi connectivity index (χ3v) is 5.81. The predicted octanol–water partition coefficient (Wildman–Crippen LogP) is 4.05. The molecule has 3 aromatic rings. The van der Waals surface area contributed by atoms with Crippen LogP contribution in [-0.4, -0.2) is 40.2 Å². The van der Waals surface area contributed by atoms with Gasteiger partial charge in [-0.25, -0.2) is 9.78 Å². The summed E-state index contributed by atoms with van der Waals surface area (Å²) in [5.74, 6) is 1.86. The van der Waals surface area contributed by atoms with Crippen LogP contribution in [0.4, 0.5) is 10.5 Å². The summed E-state index contributed by atoms with van der Waals surface area (Å²) in [6.45, 7) is 6.41. The molecule has 31 heavy (non-hydrogen) atoms. The van der Waals surface area contributed by atoms with Gasteiger partial charge in [0.05, 0.1) is 17.5 Å². The Morgan fingerprint density at radius 1 is 1.13 bits per heavy atom. The van der Waals surface area contributed by atoms with Crippen LogP contribution in [0.25, 0.3) is 10.9 Å². The number of aromatic nitrogens is 2. The highest BCUT2D eigenvalue weighted by Gasteiger charge is 2.24. The van der Waals surface area contributed by atoms with E-state index in [0.29, 0.717) is 37.5 Å². The smallest absolute Gasteiger partial charge is 0.321 e. The van der Waals surface area contributed by atoms with Gasteiger partial charge in [0.25, 0.3) is 5.56 Å². The van der Waals surface area contributed by atoms with Crippen LogP contribution in [0.1, 0.15) is 25.6 Å². The highest BCUT2D eigenvalue weighted by atomic mass is 16.5. The van der Waals surface area contributed by atoms with Gasteiger partial charge in [0.15, 0.2) is 0 Å². The summed E-state index contributed by atoms with van der Waals surface area (Å²) < 4.78 is 7.21. The number of nitrogens with zero attached hydrogens (tertiary/aromatic N) is 3. The molecule has 1 N–H and O–H groups in total. The third kappa shape index (κ3) is 4.71. The Morgan fingerprint density at radius 2 is 1.84 bits per heavy atom. The molecule has 7 heteroatoms. The minimum atomic E-state index is -0.0941. The molecule has 7 nitrogen and oxygen atoms in total. The second kappa shape index (κ2) is 9.20. The maximum Gasteiger partial charge on any atom is 0.321 e. The maximum atomic E-state index is 12.9. The Morgan fingerprint density at radius 3 is 2.55 bits per heavy atom. The molecule has 2 amide bonds. The number of aryl methyl sites for hydroxylation is 1. The standard InChI is InChI=1S/C24H28N4O3/c1-3-31-20-10-8-19(9-11-20)26-24(30)27-14-12-18(13-15-27)16-28-17(2)25-22-7-5-4-6-21(22)23(28)29/h4-11,18H,3,12-16H2,1-2H3,(H,26,30). The van der Waals surface area contributed by atoms with Crippen LogP contribution in [0.15, 0.2) is 53.3 Å². The number of piperidine rings is 1. The van der Waals surface area contributed by atoms with E-state index in [-0.39, 0.29) is 11.6 Å². The molecule has 0 spiro atoms. The molecule has 4 rings (SSSR count). The molecular weight excluding hydrogens is 392 g/mol. The molecule has 1 aliphatic heterocycles. The first kappa shape index (κ1) is 20.9. The zero-order valence-electron chi connectivity index (χ0n) is 18.0. The van der Waals surface area contributed by atoms with Crippen LogP contribution in [-0.2, 0) is 6.54 Å². The molecule has 0 atom stereocenters. The summed E-state index contributed by atoms with van der Waals surface area (Å²) in [6, 6.07) is 14.8. The van der Waals surface area contributed by atoms with Gasteiger partial charge in [-0.15, -0.1) is 0 Å². The lowest BCUT2D eigenvalue weighted by molar-refractivity contribution is 0.176. The average molecular weight is 421 g/mol. The highest BCUT2D eigenvalue weighted by molar-refractivity contribution is 5.89. The fourth-order valence-corrected chi connectivity index (χ4v) is 4.07. The molecule has 1 saturated heterocycles. The number of amides is 2. The van der Waals surface area contributed by atoms with E-state index in [2.05, 4.69) is 10.3 Å². The third-order valence-electron chi connectivity index (χ3n) is 5.81.